The van der Waals surface area contributed by atoms with Gasteiger partial charge in [-0.1, -0.05) is 0 Å². The summed E-state index contributed by atoms with van der Waals surface area (Å²) in [5, 5.41) is 4.26. The van der Waals surface area contributed by atoms with Crippen LogP contribution in [-0.2, 0) is 18.2 Å². The van der Waals surface area contributed by atoms with E-state index in [0.29, 0.717) is 36.4 Å². The molecule has 0 saturated heterocycles. The molecule has 6 nitrogen and oxygen atoms in total. The maximum Gasteiger partial charge on any atom is 0.356 e. The Bertz CT molecular complexity index is 600. The second-order valence-corrected chi connectivity index (χ2v) is 5.32. The van der Waals surface area contributed by atoms with Crippen molar-refractivity contribution in [1.82, 2.24) is 14.7 Å². The Morgan fingerprint density at radius 2 is 2.14 bits per heavy atom. The molecule has 0 bridgehead atoms. The topological polar surface area (TPSA) is 64.4 Å². The molecule has 0 radical (unpaired) electrons. The minimum absolute atomic E-state index is 0.0950. The van der Waals surface area contributed by atoms with Crippen LogP contribution in [0.25, 0.3) is 0 Å². The smallest absolute Gasteiger partial charge is 0.356 e. The molecule has 0 aliphatic heterocycles. The Hall–Kier alpha value is -2.11. The fourth-order valence-corrected chi connectivity index (χ4v) is 2.60. The molecule has 1 aliphatic carbocycles. The van der Waals surface area contributed by atoms with Crippen molar-refractivity contribution < 1.29 is 14.3 Å². The number of carbonyl (C=O) groups is 2. The predicted molar refractivity (Wildman–Crippen MR) is 78.2 cm³/mol. The van der Waals surface area contributed by atoms with E-state index in [1.54, 1.807) is 14.0 Å². The SMILES string of the molecule is CCOC(=O)c1c2c(nn1C)C(=O)/C(=C/N(C)C)CCC2. The largest absolute Gasteiger partial charge is 0.461 e. The molecule has 1 aromatic heterocycles. The molecule has 1 aromatic rings. The molecular formula is C15H21N3O3. The first-order valence-electron chi connectivity index (χ1n) is 7.10. The van der Waals surface area contributed by atoms with Gasteiger partial charge in [0, 0.05) is 38.5 Å². The van der Waals surface area contributed by atoms with Crippen LogP contribution in [0.5, 0.6) is 0 Å². The number of aromatic nitrogens is 2. The molecule has 21 heavy (non-hydrogen) atoms. The third kappa shape index (κ3) is 2.99. The van der Waals surface area contributed by atoms with Gasteiger partial charge >= 0.3 is 5.97 Å². The lowest BCUT2D eigenvalue weighted by Gasteiger charge is -2.08. The number of nitrogens with zero attached hydrogens (tertiary/aromatic N) is 3. The molecular weight excluding hydrogens is 270 g/mol. The van der Waals surface area contributed by atoms with Gasteiger partial charge in [-0.15, -0.1) is 0 Å². The van der Waals surface area contributed by atoms with Gasteiger partial charge < -0.3 is 9.64 Å². The monoisotopic (exact) mass is 291 g/mol. The average molecular weight is 291 g/mol. The lowest BCUT2D eigenvalue weighted by molar-refractivity contribution is 0.0512. The van der Waals surface area contributed by atoms with Crippen LogP contribution in [0.2, 0.25) is 0 Å². The summed E-state index contributed by atoms with van der Waals surface area (Å²) < 4.78 is 6.52. The number of aryl methyl sites for hydroxylation is 1. The van der Waals surface area contributed by atoms with Crippen LogP contribution in [0, 0.1) is 0 Å². The van der Waals surface area contributed by atoms with Crippen molar-refractivity contribution in [3.8, 4) is 0 Å². The van der Waals surface area contributed by atoms with Crippen molar-refractivity contribution in [2.75, 3.05) is 20.7 Å². The van der Waals surface area contributed by atoms with Crippen molar-refractivity contribution in [2.45, 2.75) is 26.2 Å². The van der Waals surface area contributed by atoms with Gasteiger partial charge in [-0.25, -0.2) is 4.79 Å². The van der Waals surface area contributed by atoms with E-state index < -0.39 is 5.97 Å². The maximum absolute atomic E-state index is 12.6. The summed E-state index contributed by atoms with van der Waals surface area (Å²) in [5.74, 6) is -0.510. The third-order valence-corrected chi connectivity index (χ3v) is 3.41. The summed E-state index contributed by atoms with van der Waals surface area (Å²) in [5.41, 5.74) is 2.22. The molecule has 1 heterocycles. The van der Waals surface area contributed by atoms with Crippen LogP contribution in [0.15, 0.2) is 11.8 Å². The number of carbonyl (C=O) groups excluding carboxylic acids is 2. The van der Waals surface area contributed by atoms with Gasteiger partial charge in [-0.05, 0) is 26.2 Å². The average Bonchev–Trinajstić information content (AvgIpc) is 2.66. The van der Waals surface area contributed by atoms with Crippen molar-refractivity contribution in [2.24, 2.45) is 7.05 Å². The molecule has 1 aliphatic rings. The molecule has 0 amide bonds. The van der Waals surface area contributed by atoms with E-state index in [-0.39, 0.29) is 5.78 Å². The standard InChI is InChI=1S/C15H21N3O3/c1-5-21-15(20)13-11-8-6-7-10(9-17(2)3)14(19)12(11)16-18(13)4/h9H,5-8H2,1-4H3/b10-9+. The predicted octanol–water partition coefficient (Wildman–Crippen LogP) is 1.56. The minimum atomic E-state index is -0.415. The number of esters is 1. The third-order valence-electron chi connectivity index (χ3n) is 3.41. The minimum Gasteiger partial charge on any atom is -0.461 e. The fourth-order valence-electron chi connectivity index (χ4n) is 2.60. The second-order valence-electron chi connectivity index (χ2n) is 5.32. The number of ketones is 1. The molecule has 0 unspecified atom stereocenters. The number of hydrogen-bond donors (Lipinski definition) is 0. The van der Waals surface area contributed by atoms with Crippen LogP contribution < -0.4 is 0 Å². The van der Waals surface area contributed by atoms with Crippen LogP contribution in [0.1, 0.15) is 46.3 Å². The van der Waals surface area contributed by atoms with E-state index >= 15 is 0 Å². The van der Waals surface area contributed by atoms with E-state index in [0.717, 1.165) is 12.0 Å². The molecule has 0 atom stereocenters. The van der Waals surface area contributed by atoms with Gasteiger partial charge in [-0.3, -0.25) is 9.48 Å². The quantitative estimate of drug-likeness (QED) is 0.480. The van der Waals surface area contributed by atoms with E-state index in [1.807, 2.05) is 25.2 Å². The first-order valence-corrected chi connectivity index (χ1v) is 7.10. The van der Waals surface area contributed by atoms with E-state index in [4.69, 9.17) is 4.74 Å². The highest BCUT2D eigenvalue weighted by atomic mass is 16.5. The Kier molecular flexibility index (Phi) is 4.45. The number of allylic oxidation sites excluding steroid dienone is 1. The zero-order valence-electron chi connectivity index (χ0n) is 13.0. The van der Waals surface area contributed by atoms with Crippen LogP contribution in [-0.4, -0.2) is 47.1 Å². The van der Waals surface area contributed by atoms with Gasteiger partial charge in [0.15, 0.2) is 0 Å². The molecule has 6 heteroatoms. The summed E-state index contributed by atoms with van der Waals surface area (Å²) in [6.45, 7) is 2.06. The number of fused-ring (bicyclic) bond motifs is 1. The molecule has 0 saturated carbocycles. The van der Waals surface area contributed by atoms with E-state index in [9.17, 15) is 9.59 Å². The summed E-state index contributed by atoms with van der Waals surface area (Å²) in [6.07, 6.45) is 4.00. The van der Waals surface area contributed by atoms with Gasteiger partial charge in [0.05, 0.1) is 6.61 Å². The van der Waals surface area contributed by atoms with Crippen LogP contribution >= 0.6 is 0 Å². The summed E-state index contributed by atoms with van der Waals surface area (Å²) >= 11 is 0. The van der Waals surface area contributed by atoms with Gasteiger partial charge in [0.2, 0.25) is 5.78 Å². The van der Waals surface area contributed by atoms with Crippen molar-refractivity contribution in [1.29, 1.82) is 0 Å². The van der Waals surface area contributed by atoms with E-state index in [2.05, 4.69) is 5.10 Å². The zero-order valence-corrected chi connectivity index (χ0v) is 13.0. The summed E-state index contributed by atoms with van der Waals surface area (Å²) in [7, 11) is 5.44. The molecule has 0 fully saturated rings. The lowest BCUT2D eigenvalue weighted by Crippen LogP contribution is -2.12. The number of hydrogen-bond acceptors (Lipinski definition) is 5. The number of Topliss-reactive ketones (excluding diaryl/α,β-unsaturated/α-hetero) is 1. The van der Waals surface area contributed by atoms with Crippen LogP contribution in [0.4, 0.5) is 0 Å². The summed E-state index contributed by atoms with van der Waals surface area (Å²) in [4.78, 5) is 26.5. The highest BCUT2D eigenvalue weighted by Crippen LogP contribution is 2.26. The van der Waals surface area contributed by atoms with Gasteiger partial charge in [-0.2, -0.15) is 5.10 Å². The number of ether oxygens (including phenoxy) is 1. The Morgan fingerprint density at radius 3 is 2.76 bits per heavy atom. The fraction of sp³-hybridized carbons (Fsp3) is 0.533. The molecule has 0 aromatic carbocycles. The molecule has 0 N–H and O–H groups in total. The number of rotatable bonds is 3. The van der Waals surface area contributed by atoms with Gasteiger partial charge in [0.25, 0.3) is 0 Å². The first-order chi connectivity index (χ1) is 9.95. The maximum atomic E-state index is 12.6. The summed E-state index contributed by atoms with van der Waals surface area (Å²) in [6, 6.07) is 0. The highest BCUT2D eigenvalue weighted by molar-refractivity contribution is 6.10. The van der Waals surface area contributed by atoms with Gasteiger partial charge in [0.1, 0.15) is 11.4 Å². The van der Waals surface area contributed by atoms with Crippen molar-refractivity contribution >= 4 is 11.8 Å². The second kappa shape index (κ2) is 6.11. The Balaban J connectivity index is 2.47. The highest BCUT2D eigenvalue weighted by Gasteiger charge is 2.30. The molecule has 2 rings (SSSR count). The normalized spacial score (nSPS) is 16.6. The van der Waals surface area contributed by atoms with Crippen molar-refractivity contribution in [3.63, 3.8) is 0 Å². The Labute approximate surface area is 124 Å². The first kappa shape index (κ1) is 15.3. The Morgan fingerprint density at radius 1 is 1.43 bits per heavy atom. The molecule has 114 valence electrons. The zero-order chi connectivity index (χ0) is 15.6. The van der Waals surface area contributed by atoms with E-state index in [1.165, 1.54) is 4.68 Å². The van der Waals surface area contributed by atoms with Crippen LogP contribution in [0.3, 0.4) is 0 Å². The lowest BCUT2D eigenvalue weighted by atomic mass is 10.1. The van der Waals surface area contributed by atoms with Crippen molar-refractivity contribution in [3.05, 3.63) is 28.7 Å². The molecule has 0 spiro atoms.